The van der Waals surface area contributed by atoms with Gasteiger partial charge in [0.25, 0.3) is 7.51 Å². The molecule has 31 heavy (non-hydrogen) atoms. The highest BCUT2D eigenvalue weighted by Crippen LogP contribution is 2.74. The Morgan fingerprint density at radius 2 is 0.645 bits per heavy atom. The van der Waals surface area contributed by atoms with Gasteiger partial charge in [-0.3, -0.25) is 28.0 Å². The van der Waals surface area contributed by atoms with Gasteiger partial charge >= 0.3 is 0 Å². The zero-order valence-electron chi connectivity index (χ0n) is 23.3. The number of rotatable bonds is 9. The van der Waals surface area contributed by atoms with Gasteiger partial charge in [0.05, 0.1) is 5.54 Å². The molecule has 10 nitrogen and oxygen atoms in total. The van der Waals surface area contributed by atoms with E-state index < -0.39 is 22.5 Å². The van der Waals surface area contributed by atoms with Crippen LogP contribution in [0.3, 0.4) is 0 Å². The average Bonchev–Trinajstić information content (AvgIpc) is 2.53. The van der Waals surface area contributed by atoms with Crippen LogP contribution in [0.15, 0.2) is 13.8 Å². The summed E-state index contributed by atoms with van der Waals surface area (Å²) in [7, 11) is 22.2. The molecule has 0 aliphatic carbocycles. The van der Waals surface area contributed by atoms with Crippen LogP contribution in [0.1, 0.15) is 20.8 Å². The van der Waals surface area contributed by atoms with Crippen molar-refractivity contribution in [2.45, 2.75) is 26.3 Å². The zero-order chi connectivity index (χ0) is 25.2. The summed E-state index contributed by atoms with van der Waals surface area (Å²) >= 11 is 0. The Balaban J connectivity index is 8.21. The Morgan fingerprint density at radius 3 is 0.774 bits per heavy atom. The minimum Gasteiger partial charge on any atom is -0.252 e. The van der Waals surface area contributed by atoms with E-state index in [2.05, 4.69) is 152 Å². The lowest BCUT2D eigenvalue weighted by atomic mass is 10.1. The maximum absolute atomic E-state index is 5.69. The molecule has 0 spiro atoms. The van der Waals surface area contributed by atoms with Crippen LogP contribution in [0.2, 0.25) is 0 Å². The highest BCUT2D eigenvalue weighted by molar-refractivity contribution is 7.76. The van der Waals surface area contributed by atoms with E-state index in [-0.39, 0.29) is 5.54 Å². The fourth-order valence-electron chi connectivity index (χ4n) is 3.66. The lowest BCUT2D eigenvalue weighted by Gasteiger charge is -2.46. The topological polar surface area (TPSA) is 59.8 Å². The zero-order valence-corrected chi connectivity index (χ0v) is 26.0. The molecule has 0 bridgehead atoms. The highest BCUT2D eigenvalue weighted by Gasteiger charge is 2.39. The third kappa shape index (κ3) is 6.73. The van der Waals surface area contributed by atoms with Crippen molar-refractivity contribution in [2.24, 2.45) is 13.8 Å². The first-order valence-corrected chi connectivity index (χ1v) is 15.2. The molecule has 0 heterocycles. The molecule has 0 unspecified atom stereocenters. The third-order valence-corrected chi connectivity index (χ3v) is 16.9. The van der Waals surface area contributed by atoms with E-state index in [1.165, 1.54) is 0 Å². The maximum atomic E-state index is 5.69. The second kappa shape index (κ2) is 11.2. The van der Waals surface area contributed by atoms with Gasteiger partial charge in [-0.15, -0.1) is 0 Å². The fraction of sp³-hybridized carbons (Fsp3) is 1.00. The Kier molecular flexibility index (Phi) is 11.4. The van der Waals surface area contributed by atoms with Gasteiger partial charge in [0.15, 0.2) is 15.0 Å². The molecule has 0 aliphatic heterocycles. The van der Waals surface area contributed by atoms with Crippen molar-refractivity contribution >= 4 is 22.5 Å². The Labute approximate surface area is 194 Å². The van der Waals surface area contributed by atoms with E-state index in [9.17, 15) is 0 Å². The van der Waals surface area contributed by atoms with Crippen LogP contribution in [0, 0.1) is 0 Å². The molecule has 188 valence electrons. The standard InChI is InChI=1S/C18H51N10P3/c1-18(2,3)19-29(22(4)5,20-30(23(6)7,24(8)9)25(10)11)21-31(26(12)13,27(14)15)28(16)17/h1-17H3. The third-order valence-electron chi connectivity index (χ3n) is 4.67. The van der Waals surface area contributed by atoms with E-state index in [0.717, 1.165) is 0 Å². The first kappa shape index (κ1) is 31.4. The van der Waals surface area contributed by atoms with Crippen LogP contribution in [0.5, 0.6) is 0 Å². The molecule has 0 aromatic heterocycles. The van der Waals surface area contributed by atoms with Gasteiger partial charge < -0.3 is 0 Å². The molecule has 0 N–H and O–H groups in total. The maximum Gasteiger partial charge on any atom is 0.259 e. The summed E-state index contributed by atoms with van der Waals surface area (Å²) in [4.78, 5) is 0. The molecule has 0 amide bonds. The largest absolute Gasteiger partial charge is 0.259 e. The van der Waals surface area contributed by atoms with E-state index in [1.807, 2.05) is 0 Å². The van der Waals surface area contributed by atoms with Gasteiger partial charge in [-0.1, -0.05) is 0 Å². The van der Waals surface area contributed by atoms with Gasteiger partial charge in [0, 0.05) is 0 Å². The first-order valence-electron chi connectivity index (χ1n) is 10.4. The summed E-state index contributed by atoms with van der Waals surface area (Å²) in [5.74, 6) is 0. The van der Waals surface area contributed by atoms with E-state index >= 15 is 0 Å². The van der Waals surface area contributed by atoms with Crippen molar-refractivity contribution in [1.82, 2.24) is 32.7 Å². The molecule has 0 rings (SSSR count). The second-order valence-electron chi connectivity index (χ2n) is 9.99. The van der Waals surface area contributed by atoms with Crippen LogP contribution in [0.25, 0.3) is 0 Å². The van der Waals surface area contributed by atoms with Crippen LogP contribution in [0.4, 0.5) is 0 Å². The quantitative estimate of drug-likeness (QED) is 0.431. The number of nitrogens with zero attached hydrogens (tertiary/aromatic N) is 10. The van der Waals surface area contributed by atoms with Crippen LogP contribution < -0.4 is 0 Å². The lowest BCUT2D eigenvalue weighted by Crippen LogP contribution is -2.32. The van der Waals surface area contributed by atoms with Gasteiger partial charge in [0.2, 0.25) is 0 Å². The van der Waals surface area contributed by atoms with E-state index in [0.29, 0.717) is 0 Å². The van der Waals surface area contributed by atoms with Crippen molar-refractivity contribution in [3.05, 3.63) is 0 Å². The molecule has 0 saturated heterocycles. The summed E-state index contributed by atoms with van der Waals surface area (Å²) in [5, 5.41) is 0. The number of hydrogen-bond acceptors (Lipinski definition) is 1. The molecule has 0 aromatic carbocycles. The molecule has 0 aromatic rings. The van der Waals surface area contributed by atoms with Crippen LogP contribution >= 0.6 is 22.5 Å². The van der Waals surface area contributed by atoms with Crippen molar-refractivity contribution in [2.75, 3.05) is 98.7 Å². The molecule has 0 fully saturated rings. The van der Waals surface area contributed by atoms with E-state index in [1.54, 1.807) is 0 Å². The van der Waals surface area contributed by atoms with Gasteiger partial charge in [-0.25, -0.2) is 9.42 Å². The fourth-order valence-corrected chi connectivity index (χ4v) is 17.4. The Morgan fingerprint density at radius 1 is 0.419 bits per heavy atom. The predicted octanol–water partition coefficient (Wildman–Crippen LogP) is 4.55. The minimum atomic E-state index is -2.70. The monoisotopic (exact) mass is 500 g/mol. The van der Waals surface area contributed by atoms with Crippen molar-refractivity contribution in [3.63, 3.8) is 0 Å². The predicted molar refractivity (Wildman–Crippen MR) is 144 cm³/mol. The summed E-state index contributed by atoms with van der Waals surface area (Å²) < 4.78 is 32.4. The van der Waals surface area contributed by atoms with Crippen molar-refractivity contribution in [1.29, 1.82) is 0 Å². The van der Waals surface area contributed by atoms with Crippen molar-refractivity contribution in [3.8, 4) is 0 Å². The summed E-state index contributed by atoms with van der Waals surface area (Å²) in [6.07, 6.45) is 0. The normalized spacial score (nSPS) is 14.7. The van der Waals surface area contributed by atoms with Crippen LogP contribution in [-0.2, 0) is 0 Å². The SMILES string of the molecule is CN(C)P(=NC(C)(C)C)(N=P(N(C)C)(N(C)C)N(C)C)N=P(N(C)C)(N(C)C)N(C)C. The molecular formula is C18H51N10P3. The average molecular weight is 501 g/mol. The Bertz CT molecular complexity index is 641. The van der Waals surface area contributed by atoms with Gasteiger partial charge in [-0.2, -0.15) is 9.03 Å². The molecule has 0 atom stereocenters. The molecule has 0 saturated carbocycles. The lowest BCUT2D eigenvalue weighted by molar-refractivity contribution is 0.472. The molecular weight excluding hydrogens is 449 g/mol. The highest BCUT2D eigenvalue weighted by atomic mass is 31.2. The molecule has 0 radical (unpaired) electrons. The molecule has 0 aliphatic rings. The van der Waals surface area contributed by atoms with E-state index in [4.69, 9.17) is 13.8 Å². The number of hydrogen-bond donors (Lipinski definition) is 0. The first-order chi connectivity index (χ1) is 13.7. The summed E-state index contributed by atoms with van der Waals surface area (Å²) in [6, 6.07) is 0. The summed E-state index contributed by atoms with van der Waals surface area (Å²) in [5.41, 5.74) is -0.299. The minimum absolute atomic E-state index is 0.299. The Hall–Kier alpha value is 0.410. The van der Waals surface area contributed by atoms with Gasteiger partial charge in [0.1, 0.15) is 0 Å². The summed E-state index contributed by atoms with van der Waals surface area (Å²) in [6.45, 7) is 6.41. The smallest absolute Gasteiger partial charge is 0.252 e. The molecule has 13 heteroatoms. The van der Waals surface area contributed by atoms with Crippen molar-refractivity contribution < 1.29 is 0 Å². The van der Waals surface area contributed by atoms with Gasteiger partial charge in [-0.05, 0) is 119 Å². The second-order valence-corrected chi connectivity index (χ2v) is 20.4. The van der Waals surface area contributed by atoms with Crippen LogP contribution in [-0.4, -0.2) is 137 Å².